The molecule has 0 aliphatic heterocycles. The predicted octanol–water partition coefficient (Wildman–Crippen LogP) is 6.42. The predicted molar refractivity (Wildman–Crippen MR) is 76.5 cm³/mol. The molecule has 2 rings (SSSR count). The summed E-state index contributed by atoms with van der Waals surface area (Å²) in [5.74, 6) is 0.00659. The van der Waals surface area contributed by atoms with E-state index in [4.69, 9.17) is 34.8 Å². The van der Waals surface area contributed by atoms with Gasteiger partial charge in [-0.15, -0.1) is 11.6 Å². The summed E-state index contributed by atoms with van der Waals surface area (Å²) < 4.78 is 39.5. The fraction of sp³-hybridized carbons (Fsp3) is 0.143. The van der Waals surface area contributed by atoms with E-state index in [0.29, 0.717) is 10.6 Å². The summed E-state index contributed by atoms with van der Waals surface area (Å²) in [7, 11) is 0. The third kappa shape index (κ3) is 3.22. The normalized spacial score (nSPS) is 11.7. The van der Waals surface area contributed by atoms with Gasteiger partial charge in [-0.1, -0.05) is 35.3 Å². The van der Waals surface area contributed by atoms with Gasteiger partial charge >= 0.3 is 6.18 Å². The Balaban J connectivity index is 2.70. The molecule has 106 valence electrons. The van der Waals surface area contributed by atoms with Crippen LogP contribution in [0.15, 0.2) is 36.4 Å². The molecule has 0 atom stereocenters. The quantitative estimate of drug-likeness (QED) is 0.554. The zero-order chi connectivity index (χ0) is 14.9. The van der Waals surface area contributed by atoms with E-state index in [0.717, 1.165) is 6.07 Å². The van der Waals surface area contributed by atoms with E-state index >= 15 is 0 Å². The monoisotopic (exact) mass is 338 g/mol. The van der Waals surface area contributed by atoms with E-state index < -0.39 is 11.7 Å². The van der Waals surface area contributed by atoms with E-state index in [2.05, 4.69) is 0 Å². The minimum absolute atomic E-state index is 0.00659. The second kappa shape index (κ2) is 5.84. The van der Waals surface area contributed by atoms with E-state index in [1.54, 1.807) is 0 Å². The lowest BCUT2D eigenvalue weighted by molar-refractivity contribution is -0.137. The summed E-state index contributed by atoms with van der Waals surface area (Å²) in [4.78, 5) is 0. The molecule has 0 bridgehead atoms. The molecule has 0 saturated heterocycles. The van der Waals surface area contributed by atoms with Gasteiger partial charge in [0.2, 0.25) is 0 Å². The first kappa shape index (κ1) is 15.5. The van der Waals surface area contributed by atoms with E-state index in [9.17, 15) is 13.2 Å². The third-order valence-corrected chi connectivity index (χ3v) is 3.64. The Morgan fingerprint density at radius 3 is 2.20 bits per heavy atom. The highest BCUT2D eigenvalue weighted by molar-refractivity contribution is 6.35. The van der Waals surface area contributed by atoms with Gasteiger partial charge in [0, 0.05) is 21.5 Å². The summed E-state index contributed by atoms with van der Waals surface area (Å²) in [6.45, 7) is 0. The molecular formula is C14H8Cl3F3. The highest BCUT2D eigenvalue weighted by atomic mass is 35.5. The lowest BCUT2D eigenvalue weighted by atomic mass is 9.97. The maximum atomic E-state index is 13.2. The van der Waals surface area contributed by atoms with Crippen LogP contribution < -0.4 is 0 Å². The van der Waals surface area contributed by atoms with Crippen molar-refractivity contribution in [3.63, 3.8) is 0 Å². The third-order valence-electron chi connectivity index (χ3n) is 2.76. The van der Waals surface area contributed by atoms with Crippen molar-refractivity contribution in [1.82, 2.24) is 0 Å². The van der Waals surface area contributed by atoms with Gasteiger partial charge < -0.3 is 0 Å². The molecule has 0 radical (unpaired) electrons. The van der Waals surface area contributed by atoms with E-state index in [-0.39, 0.29) is 22.0 Å². The maximum absolute atomic E-state index is 13.2. The molecule has 0 saturated carbocycles. The van der Waals surface area contributed by atoms with Crippen LogP contribution in [0.2, 0.25) is 10.0 Å². The lowest BCUT2D eigenvalue weighted by Crippen LogP contribution is -2.08. The van der Waals surface area contributed by atoms with Gasteiger partial charge in [0.15, 0.2) is 0 Å². The molecule has 0 amide bonds. The van der Waals surface area contributed by atoms with Crippen LogP contribution in [0, 0.1) is 0 Å². The van der Waals surface area contributed by atoms with Crippen LogP contribution in [-0.2, 0) is 12.1 Å². The molecule has 0 unspecified atom stereocenters. The first-order valence-electron chi connectivity index (χ1n) is 5.54. The molecule has 0 aliphatic rings. The van der Waals surface area contributed by atoms with E-state index in [1.165, 1.54) is 30.3 Å². The molecule has 0 N–H and O–H groups in total. The molecule has 0 aliphatic carbocycles. The van der Waals surface area contributed by atoms with Crippen LogP contribution in [0.5, 0.6) is 0 Å². The van der Waals surface area contributed by atoms with Crippen molar-refractivity contribution in [1.29, 1.82) is 0 Å². The summed E-state index contributed by atoms with van der Waals surface area (Å²) in [6.07, 6.45) is -4.50. The Kier molecular flexibility index (Phi) is 4.52. The second-order valence-electron chi connectivity index (χ2n) is 4.14. The van der Waals surface area contributed by atoms with Gasteiger partial charge in [0.05, 0.1) is 5.56 Å². The summed E-state index contributed by atoms with van der Waals surface area (Å²) >= 11 is 17.4. The highest BCUT2D eigenvalue weighted by Gasteiger charge is 2.34. The van der Waals surface area contributed by atoms with Crippen molar-refractivity contribution in [3.05, 3.63) is 57.6 Å². The van der Waals surface area contributed by atoms with Crippen LogP contribution in [0.4, 0.5) is 13.2 Å². The molecule has 0 aromatic heterocycles. The van der Waals surface area contributed by atoms with Crippen LogP contribution in [-0.4, -0.2) is 0 Å². The first-order chi connectivity index (χ1) is 9.32. The highest BCUT2D eigenvalue weighted by Crippen LogP contribution is 2.40. The molecular weight excluding hydrogens is 332 g/mol. The maximum Gasteiger partial charge on any atom is 0.417 e. The van der Waals surface area contributed by atoms with Crippen LogP contribution in [0.1, 0.15) is 11.1 Å². The standard InChI is InChI=1S/C14H8Cl3F3/c15-7-8-1-3-10(12(5-8)14(18,19)20)11-6-9(16)2-4-13(11)17/h1-6H,7H2. The minimum Gasteiger partial charge on any atom is -0.166 e. The minimum atomic E-state index is -4.50. The lowest BCUT2D eigenvalue weighted by Gasteiger charge is -2.15. The van der Waals surface area contributed by atoms with Gasteiger partial charge in [-0.3, -0.25) is 0 Å². The van der Waals surface area contributed by atoms with Gasteiger partial charge in [0.25, 0.3) is 0 Å². The average molecular weight is 340 g/mol. The number of rotatable bonds is 2. The van der Waals surface area contributed by atoms with Crippen molar-refractivity contribution in [2.45, 2.75) is 12.1 Å². The topological polar surface area (TPSA) is 0 Å². The molecule has 0 fully saturated rings. The van der Waals surface area contributed by atoms with Gasteiger partial charge in [0.1, 0.15) is 0 Å². The molecule has 6 heteroatoms. The Hall–Kier alpha value is -0.900. The fourth-order valence-electron chi connectivity index (χ4n) is 1.85. The molecule has 2 aromatic carbocycles. The zero-order valence-corrected chi connectivity index (χ0v) is 12.2. The number of benzene rings is 2. The number of halogens is 6. The Bertz CT molecular complexity index is 636. The van der Waals surface area contributed by atoms with Crippen molar-refractivity contribution in [2.24, 2.45) is 0 Å². The van der Waals surface area contributed by atoms with Crippen LogP contribution >= 0.6 is 34.8 Å². The van der Waals surface area contributed by atoms with Crippen molar-refractivity contribution in [2.75, 3.05) is 0 Å². The van der Waals surface area contributed by atoms with Gasteiger partial charge in [-0.05, 0) is 35.4 Å². The molecule has 0 heterocycles. The average Bonchev–Trinajstić information content (AvgIpc) is 2.40. The molecule has 0 spiro atoms. The summed E-state index contributed by atoms with van der Waals surface area (Å²) in [5.41, 5.74) is -0.160. The van der Waals surface area contributed by atoms with Crippen LogP contribution in [0.25, 0.3) is 11.1 Å². The number of alkyl halides is 4. The Morgan fingerprint density at radius 2 is 1.60 bits per heavy atom. The van der Waals surface area contributed by atoms with Crippen molar-refractivity contribution in [3.8, 4) is 11.1 Å². The van der Waals surface area contributed by atoms with Gasteiger partial charge in [-0.2, -0.15) is 13.2 Å². The summed E-state index contributed by atoms with van der Waals surface area (Å²) in [5, 5.41) is 0.525. The smallest absolute Gasteiger partial charge is 0.166 e. The van der Waals surface area contributed by atoms with Crippen LogP contribution in [0.3, 0.4) is 0 Å². The molecule has 0 nitrogen and oxygen atoms in total. The fourth-order valence-corrected chi connectivity index (χ4v) is 2.41. The first-order valence-corrected chi connectivity index (χ1v) is 6.83. The number of hydrogen-bond donors (Lipinski definition) is 0. The zero-order valence-electron chi connectivity index (χ0n) is 9.94. The van der Waals surface area contributed by atoms with E-state index in [1.807, 2.05) is 0 Å². The largest absolute Gasteiger partial charge is 0.417 e. The second-order valence-corrected chi connectivity index (χ2v) is 5.25. The van der Waals surface area contributed by atoms with Crippen molar-refractivity contribution >= 4 is 34.8 Å². The molecule has 20 heavy (non-hydrogen) atoms. The molecule has 2 aromatic rings. The summed E-state index contributed by atoms with van der Waals surface area (Å²) in [6, 6.07) is 8.32. The Morgan fingerprint density at radius 1 is 0.900 bits per heavy atom. The SMILES string of the molecule is FC(F)(F)c1cc(CCl)ccc1-c1cc(Cl)ccc1Cl. The Labute approximate surface area is 129 Å². The van der Waals surface area contributed by atoms with Gasteiger partial charge in [-0.25, -0.2) is 0 Å². The number of hydrogen-bond acceptors (Lipinski definition) is 0. The van der Waals surface area contributed by atoms with Crippen molar-refractivity contribution < 1.29 is 13.2 Å².